The van der Waals surface area contributed by atoms with Crippen LogP contribution >= 0.6 is 15.9 Å². The summed E-state index contributed by atoms with van der Waals surface area (Å²) in [6.07, 6.45) is 2.76. The summed E-state index contributed by atoms with van der Waals surface area (Å²) in [5, 5.41) is 21.0. The van der Waals surface area contributed by atoms with Gasteiger partial charge in [-0.3, -0.25) is 4.79 Å². The van der Waals surface area contributed by atoms with Crippen molar-refractivity contribution >= 4 is 27.8 Å². The van der Waals surface area contributed by atoms with Crippen LogP contribution in [0.1, 0.15) is 20.8 Å². The molecule has 110 valence electrons. The molecule has 21 heavy (non-hydrogen) atoms. The predicted octanol–water partition coefficient (Wildman–Crippen LogP) is 1.48. The Morgan fingerprint density at radius 2 is 2.14 bits per heavy atom. The topological polar surface area (TPSA) is 104 Å². The number of carbonyl (C=O) groups excluding carboxylic acids is 1. The van der Waals surface area contributed by atoms with Gasteiger partial charge in [0, 0.05) is 23.8 Å². The summed E-state index contributed by atoms with van der Waals surface area (Å²) in [5.74, 6) is -1.62. The van der Waals surface area contributed by atoms with Crippen LogP contribution < -0.4 is 5.32 Å². The van der Waals surface area contributed by atoms with E-state index in [-0.39, 0.29) is 23.6 Å². The number of rotatable bonds is 5. The maximum absolute atomic E-state index is 11.9. The molecule has 7 nitrogen and oxygen atoms in total. The van der Waals surface area contributed by atoms with Gasteiger partial charge in [0.1, 0.15) is 5.75 Å². The predicted molar refractivity (Wildman–Crippen MR) is 77.3 cm³/mol. The molecule has 0 bridgehead atoms. The van der Waals surface area contributed by atoms with E-state index in [0.717, 1.165) is 0 Å². The third-order valence-electron chi connectivity index (χ3n) is 2.71. The minimum atomic E-state index is -1.10. The molecule has 0 spiro atoms. The van der Waals surface area contributed by atoms with E-state index in [1.54, 1.807) is 10.6 Å². The van der Waals surface area contributed by atoms with Gasteiger partial charge in [-0.05, 0) is 18.2 Å². The number of phenols is 1. The fourth-order valence-corrected chi connectivity index (χ4v) is 2.04. The summed E-state index contributed by atoms with van der Waals surface area (Å²) in [6.45, 7) is 0.654. The first-order valence-electron chi connectivity index (χ1n) is 5.99. The minimum absolute atomic E-state index is 0.0500. The first-order valence-corrected chi connectivity index (χ1v) is 6.78. The Kier molecular flexibility index (Phi) is 4.59. The van der Waals surface area contributed by atoms with Crippen molar-refractivity contribution in [3.63, 3.8) is 0 Å². The number of benzene rings is 1. The first kappa shape index (κ1) is 15.0. The second kappa shape index (κ2) is 6.40. The lowest BCUT2D eigenvalue weighted by Gasteiger charge is -2.07. The van der Waals surface area contributed by atoms with Gasteiger partial charge in [-0.15, -0.1) is 0 Å². The summed E-state index contributed by atoms with van der Waals surface area (Å²) in [6, 6.07) is 4.57. The van der Waals surface area contributed by atoms with Crippen LogP contribution in [0, 0.1) is 0 Å². The second-order valence-corrected chi connectivity index (χ2v) is 5.13. The Morgan fingerprint density at radius 3 is 2.81 bits per heavy atom. The Bertz CT molecular complexity index is 684. The molecule has 0 atom stereocenters. The molecule has 0 saturated carbocycles. The Balaban J connectivity index is 1.92. The van der Waals surface area contributed by atoms with E-state index in [9.17, 15) is 14.7 Å². The minimum Gasteiger partial charge on any atom is -0.507 e. The quantitative estimate of drug-likeness (QED) is 0.755. The van der Waals surface area contributed by atoms with Crippen molar-refractivity contribution in [1.29, 1.82) is 0 Å². The van der Waals surface area contributed by atoms with Crippen molar-refractivity contribution in [3.8, 4) is 5.75 Å². The molecular formula is C13H12BrN3O4. The van der Waals surface area contributed by atoms with Gasteiger partial charge in [0.25, 0.3) is 5.91 Å². The molecule has 0 aliphatic carbocycles. The number of halogens is 1. The van der Waals surface area contributed by atoms with Crippen LogP contribution in [0.25, 0.3) is 0 Å². The third kappa shape index (κ3) is 3.82. The molecule has 3 N–H and O–H groups in total. The zero-order chi connectivity index (χ0) is 15.4. The fourth-order valence-electron chi connectivity index (χ4n) is 1.68. The first-order chi connectivity index (χ1) is 9.97. The van der Waals surface area contributed by atoms with E-state index in [0.29, 0.717) is 11.0 Å². The molecule has 0 fully saturated rings. The molecule has 1 aromatic carbocycles. The standard InChI is InChI=1S/C13H12BrN3O4/c14-8-1-2-11(18)9(5-8)12(19)15-3-4-17-6-10(13(20)21)16-7-17/h1-2,5-7,18H,3-4H2,(H,15,19)(H,20,21). The van der Waals surface area contributed by atoms with E-state index in [4.69, 9.17) is 5.11 Å². The van der Waals surface area contributed by atoms with Crippen molar-refractivity contribution in [3.05, 3.63) is 46.5 Å². The molecule has 1 heterocycles. The number of nitrogens with zero attached hydrogens (tertiary/aromatic N) is 2. The van der Waals surface area contributed by atoms with Gasteiger partial charge in [-0.1, -0.05) is 15.9 Å². The Labute approximate surface area is 128 Å². The number of carbonyl (C=O) groups is 2. The second-order valence-electron chi connectivity index (χ2n) is 4.22. The van der Waals surface area contributed by atoms with Crippen molar-refractivity contribution in [2.45, 2.75) is 6.54 Å². The monoisotopic (exact) mass is 353 g/mol. The summed E-state index contributed by atoms with van der Waals surface area (Å²) >= 11 is 3.23. The van der Waals surface area contributed by atoms with Crippen LogP contribution in [0.2, 0.25) is 0 Å². The van der Waals surface area contributed by atoms with E-state index < -0.39 is 11.9 Å². The van der Waals surface area contributed by atoms with Crippen LogP contribution in [-0.4, -0.2) is 38.2 Å². The highest BCUT2D eigenvalue weighted by Gasteiger charge is 2.11. The number of carboxylic acid groups (broad SMARTS) is 1. The molecule has 8 heteroatoms. The number of nitrogens with one attached hydrogen (secondary N) is 1. The van der Waals surface area contributed by atoms with Gasteiger partial charge in [-0.25, -0.2) is 9.78 Å². The fraction of sp³-hybridized carbons (Fsp3) is 0.154. The number of hydrogen-bond donors (Lipinski definition) is 3. The highest BCUT2D eigenvalue weighted by Crippen LogP contribution is 2.21. The van der Waals surface area contributed by atoms with Crippen molar-refractivity contribution in [1.82, 2.24) is 14.9 Å². The molecule has 1 amide bonds. The van der Waals surface area contributed by atoms with Gasteiger partial charge in [-0.2, -0.15) is 0 Å². The Morgan fingerprint density at radius 1 is 1.38 bits per heavy atom. The van der Waals surface area contributed by atoms with Crippen molar-refractivity contribution < 1.29 is 19.8 Å². The van der Waals surface area contributed by atoms with Crippen molar-refractivity contribution in [2.24, 2.45) is 0 Å². The van der Waals surface area contributed by atoms with E-state index >= 15 is 0 Å². The van der Waals surface area contributed by atoms with Gasteiger partial charge in [0.2, 0.25) is 0 Å². The molecule has 0 aliphatic heterocycles. The number of aromatic hydroxyl groups is 1. The molecule has 0 saturated heterocycles. The van der Waals surface area contributed by atoms with Crippen LogP contribution in [0.4, 0.5) is 0 Å². The molecular weight excluding hydrogens is 342 g/mol. The number of amides is 1. The largest absolute Gasteiger partial charge is 0.507 e. The summed E-state index contributed by atoms with van der Waals surface area (Å²) in [7, 11) is 0. The maximum atomic E-state index is 11.9. The van der Waals surface area contributed by atoms with Gasteiger partial charge in [0.15, 0.2) is 5.69 Å². The lowest BCUT2D eigenvalue weighted by molar-refractivity contribution is 0.0690. The zero-order valence-corrected chi connectivity index (χ0v) is 12.4. The van der Waals surface area contributed by atoms with Crippen LogP contribution in [0.5, 0.6) is 5.75 Å². The molecule has 2 rings (SSSR count). The van der Waals surface area contributed by atoms with E-state index in [2.05, 4.69) is 26.2 Å². The molecule has 0 aliphatic rings. The Hall–Kier alpha value is -2.35. The summed E-state index contributed by atoms with van der Waals surface area (Å²) < 4.78 is 2.25. The van der Waals surface area contributed by atoms with Gasteiger partial charge < -0.3 is 20.1 Å². The van der Waals surface area contributed by atoms with Crippen LogP contribution in [-0.2, 0) is 6.54 Å². The highest BCUT2D eigenvalue weighted by molar-refractivity contribution is 9.10. The third-order valence-corrected chi connectivity index (χ3v) is 3.20. The van der Waals surface area contributed by atoms with Gasteiger partial charge in [0.05, 0.1) is 11.9 Å². The van der Waals surface area contributed by atoms with Crippen LogP contribution in [0.15, 0.2) is 35.2 Å². The van der Waals surface area contributed by atoms with E-state index in [1.807, 2.05) is 0 Å². The SMILES string of the molecule is O=C(O)c1cn(CCNC(=O)c2cc(Br)ccc2O)cn1. The number of imidazole rings is 1. The van der Waals surface area contributed by atoms with Gasteiger partial charge >= 0.3 is 5.97 Å². The summed E-state index contributed by atoms with van der Waals surface area (Å²) in [4.78, 5) is 26.3. The van der Waals surface area contributed by atoms with Crippen LogP contribution in [0.3, 0.4) is 0 Å². The highest BCUT2D eigenvalue weighted by atomic mass is 79.9. The average Bonchev–Trinajstić information content (AvgIpc) is 2.90. The maximum Gasteiger partial charge on any atom is 0.356 e. The number of phenolic OH excluding ortho intramolecular Hbond substituents is 1. The number of aromatic nitrogens is 2. The number of aromatic carboxylic acids is 1. The van der Waals surface area contributed by atoms with E-state index in [1.165, 1.54) is 24.7 Å². The smallest absolute Gasteiger partial charge is 0.356 e. The molecule has 1 aromatic heterocycles. The average molecular weight is 354 g/mol. The number of hydrogen-bond acceptors (Lipinski definition) is 4. The lowest BCUT2D eigenvalue weighted by Crippen LogP contribution is -2.27. The van der Waals surface area contributed by atoms with Crippen molar-refractivity contribution in [2.75, 3.05) is 6.54 Å². The summed E-state index contributed by atoms with van der Waals surface area (Å²) in [5.41, 5.74) is 0.118. The number of carboxylic acids is 1. The zero-order valence-electron chi connectivity index (χ0n) is 10.8. The molecule has 0 radical (unpaired) electrons. The molecule has 0 unspecified atom stereocenters. The lowest BCUT2D eigenvalue weighted by atomic mass is 10.2. The normalized spacial score (nSPS) is 10.3. The molecule has 2 aromatic rings.